The molecule has 10 N–H and O–H groups in total. The van der Waals surface area contributed by atoms with E-state index < -0.39 is 81.9 Å². The first-order valence-electron chi connectivity index (χ1n) is 13.1. The average molecular weight is 714 g/mol. The van der Waals surface area contributed by atoms with E-state index in [1.165, 1.54) is 42.5 Å². The molecule has 0 aliphatic carbocycles. The van der Waals surface area contributed by atoms with Gasteiger partial charge >= 0.3 is 18.0 Å². The topological polar surface area (TPSA) is 320 Å². The Kier molecular flexibility index (Phi) is 9.94. The molecule has 0 spiro atoms. The van der Waals surface area contributed by atoms with E-state index in [9.17, 15) is 55.6 Å². The Bertz CT molecular complexity index is 2340. The number of nitrogens with zero attached hydrogens (tertiary/aromatic N) is 3. The summed E-state index contributed by atoms with van der Waals surface area (Å²) in [6.07, 6.45) is 0. The third-order valence-electron chi connectivity index (χ3n) is 6.27. The number of carboxylic acid groups (broad SMARTS) is 2. The Balaban J connectivity index is 1.96. The van der Waals surface area contributed by atoms with Gasteiger partial charge in [-0.15, -0.1) is 10.2 Å². The number of aliphatic imine (C=N–C) groups is 1. The van der Waals surface area contributed by atoms with Crippen LogP contribution in [0.4, 0.5) is 27.5 Å². The number of para-hydroxylation sites is 1. The third-order valence-corrected chi connectivity index (χ3v) is 7.97. The molecule has 0 aromatic heterocycles. The Labute approximate surface area is 275 Å². The minimum atomic E-state index is -5.26. The van der Waals surface area contributed by atoms with Gasteiger partial charge in [0.15, 0.2) is 5.75 Å². The number of aromatic carboxylic acids is 2. The smallest absolute Gasteiger partial charge is 0.337 e. The zero-order valence-corrected chi connectivity index (χ0v) is 26.0. The second kappa shape index (κ2) is 13.7. The lowest BCUT2D eigenvalue weighted by atomic mass is 10.1. The molecular weight excluding hydrogens is 690 g/mol. The molecule has 0 heterocycles. The maximum atomic E-state index is 12.4. The molecule has 19 nitrogen and oxygen atoms in total. The number of carboxylic acids is 2. The van der Waals surface area contributed by atoms with E-state index in [1.807, 2.05) is 0 Å². The van der Waals surface area contributed by atoms with Crippen molar-refractivity contribution in [3.05, 3.63) is 90.3 Å². The van der Waals surface area contributed by atoms with Gasteiger partial charge in [0.05, 0.1) is 27.4 Å². The van der Waals surface area contributed by atoms with Crippen LogP contribution in [0.15, 0.2) is 104 Å². The molecule has 254 valence electrons. The molecule has 0 saturated heterocycles. The number of primary amides is 1. The van der Waals surface area contributed by atoms with Gasteiger partial charge in [-0.05, 0) is 47.9 Å². The van der Waals surface area contributed by atoms with E-state index in [-0.39, 0.29) is 28.3 Å². The van der Waals surface area contributed by atoms with Gasteiger partial charge in [0.1, 0.15) is 22.1 Å². The molecular formula is C28H23N7O12S2. The van der Waals surface area contributed by atoms with Crippen LogP contribution >= 0.6 is 0 Å². The van der Waals surface area contributed by atoms with Crippen molar-refractivity contribution in [2.45, 2.75) is 9.79 Å². The predicted octanol–water partition coefficient (Wildman–Crippen LogP) is 3.87. The summed E-state index contributed by atoms with van der Waals surface area (Å²) in [5.41, 5.74) is 3.01. The van der Waals surface area contributed by atoms with E-state index in [0.29, 0.717) is 6.07 Å². The molecule has 21 heteroatoms. The first kappa shape index (κ1) is 35.4. The number of carbonyl (C=O) groups is 3. The molecule has 2 amide bonds. The highest BCUT2D eigenvalue weighted by molar-refractivity contribution is 7.86. The standard InChI is InChI=1S/C28H23N7O12S2/c1-13(30-18-8-4-2-6-16(18)25(37)38)31-28(33-27(29)41)32-20-12-15(48(42,43)44)10-14-11-21(49(45,46)47)23(24(36)22(14)20)35-34-19-9-5-3-7-17(19)26(39)40/h2-12,30,36H,1H2,(H,37,38)(H,39,40)(H,42,43,44)(H,45,46,47)(H4,29,31,32,33,41)/b35-34+. The molecule has 0 unspecified atom stereocenters. The second-order valence-corrected chi connectivity index (χ2v) is 12.4. The average Bonchev–Trinajstić information content (AvgIpc) is 2.99. The van der Waals surface area contributed by atoms with Crippen molar-refractivity contribution in [3.63, 3.8) is 0 Å². The molecule has 4 rings (SSSR count). The molecule has 0 aliphatic heterocycles. The Morgan fingerprint density at radius 1 is 0.776 bits per heavy atom. The molecule has 0 fully saturated rings. The maximum absolute atomic E-state index is 12.4. The van der Waals surface area contributed by atoms with Gasteiger partial charge in [-0.25, -0.2) is 14.4 Å². The molecule has 49 heavy (non-hydrogen) atoms. The van der Waals surface area contributed by atoms with Crippen molar-refractivity contribution in [1.82, 2.24) is 5.32 Å². The number of hydrogen-bond acceptors (Lipinski definition) is 12. The van der Waals surface area contributed by atoms with Crippen LogP contribution in [-0.4, -0.2) is 65.2 Å². The van der Waals surface area contributed by atoms with Gasteiger partial charge in [-0.2, -0.15) is 21.8 Å². The summed E-state index contributed by atoms with van der Waals surface area (Å²) in [7, 11) is -10.3. The lowest BCUT2D eigenvalue weighted by Crippen LogP contribution is -2.39. The van der Waals surface area contributed by atoms with Gasteiger partial charge in [0, 0.05) is 5.39 Å². The quantitative estimate of drug-likeness (QED) is 0.0488. The van der Waals surface area contributed by atoms with Crippen molar-refractivity contribution < 1.29 is 55.6 Å². The molecule has 0 bridgehead atoms. The van der Waals surface area contributed by atoms with Crippen molar-refractivity contribution in [2.24, 2.45) is 21.0 Å². The van der Waals surface area contributed by atoms with Crippen LogP contribution in [0.2, 0.25) is 0 Å². The second-order valence-electron chi connectivity index (χ2n) is 9.61. The number of rotatable bonds is 10. The number of anilines is 2. The number of amides is 2. The zero-order chi connectivity index (χ0) is 36.3. The summed E-state index contributed by atoms with van der Waals surface area (Å²) >= 11 is 0. The van der Waals surface area contributed by atoms with Crippen LogP contribution in [0.3, 0.4) is 0 Å². The highest BCUT2D eigenvalue weighted by atomic mass is 32.2. The van der Waals surface area contributed by atoms with E-state index in [4.69, 9.17) is 5.73 Å². The summed E-state index contributed by atoms with van der Waals surface area (Å²) in [5.74, 6) is -4.74. The zero-order valence-electron chi connectivity index (χ0n) is 24.4. The number of aromatic hydroxyl groups is 1. The third kappa shape index (κ3) is 8.30. The lowest BCUT2D eigenvalue weighted by molar-refractivity contribution is 0.0687. The van der Waals surface area contributed by atoms with Gasteiger partial charge in [0.25, 0.3) is 20.2 Å². The van der Waals surface area contributed by atoms with Crippen LogP contribution in [-0.2, 0) is 20.2 Å². The maximum Gasteiger partial charge on any atom is 0.337 e. The minimum absolute atomic E-state index is 0.0239. The molecule has 0 saturated carbocycles. The molecule has 4 aromatic carbocycles. The van der Waals surface area contributed by atoms with Gasteiger partial charge in [-0.3, -0.25) is 14.4 Å². The van der Waals surface area contributed by atoms with Crippen LogP contribution < -0.4 is 21.7 Å². The normalized spacial score (nSPS) is 12.1. The van der Waals surface area contributed by atoms with E-state index in [2.05, 4.69) is 37.8 Å². The lowest BCUT2D eigenvalue weighted by Gasteiger charge is -2.17. The summed E-state index contributed by atoms with van der Waals surface area (Å²) < 4.78 is 68.8. The van der Waals surface area contributed by atoms with Crippen LogP contribution in [0.1, 0.15) is 20.7 Å². The fourth-order valence-electron chi connectivity index (χ4n) is 4.27. The summed E-state index contributed by atoms with van der Waals surface area (Å²) in [6.45, 7) is 3.63. The number of phenols is 1. The highest BCUT2D eigenvalue weighted by Gasteiger charge is 2.26. The van der Waals surface area contributed by atoms with Crippen molar-refractivity contribution in [3.8, 4) is 5.75 Å². The Morgan fingerprint density at radius 3 is 1.98 bits per heavy atom. The fourth-order valence-corrected chi connectivity index (χ4v) is 5.47. The molecule has 0 radical (unpaired) electrons. The van der Waals surface area contributed by atoms with Gasteiger partial charge < -0.3 is 31.7 Å². The van der Waals surface area contributed by atoms with Crippen molar-refractivity contribution in [2.75, 3.05) is 10.6 Å². The summed E-state index contributed by atoms with van der Waals surface area (Å²) in [4.78, 5) is 37.1. The number of carbonyl (C=O) groups excluding carboxylic acids is 1. The van der Waals surface area contributed by atoms with E-state index in [1.54, 1.807) is 0 Å². The first-order chi connectivity index (χ1) is 22.9. The van der Waals surface area contributed by atoms with Gasteiger partial charge in [0.2, 0.25) is 5.96 Å². The van der Waals surface area contributed by atoms with E-state index >= 15 is 0 Å². The SMILES string of the molecule is C=C(/N=C(\NC(N)=O)Nc1cc(S(=O)(=O)O)cc2cc(S(=O)(=O)O)c(/N=N/c3ccccc3C(=O)O)c(O)c12)Nc1ccccc1C(=O)O. The number of phenolic OH excluding ortho intramolecular Hbond substituents is 1. The number of nitrogens with two attached hydrogens (primary N) is 1. The molecule has 4 aromatic rings. The number of hydrogen-bond donors (Lipinski definition) is 9. The van der Waals surface area contributed by atoms with Crippen molar-refractivity contribution >= 4 is 77.7 Å². The van der Waals surface area contributed by atoms with Crippen molar-refractivity contribution in [1.29, 1.82) is 0 Å². The number of nitrogens with one attached hydrogen (secondary N) is 3. The Hall–Kier alpha value is -6.42. The number of urea groups is 1. The Morgan fingerprint density at radius 2 is 1.39 bits per heavy atom. The number of fused-ring (bicyclic) bond motifs is 1. The summed E-state index contributed by atoms with van der Waals surface area (Å²) in [6, 6.07) is 11.6. The van der Waals surface area contributed by atoms with E-state index in [0.717, 1.165) is 18.2 Å². The number of azo groups is 1. The molecule has 0 aliphatic rings. The fraction of sp³-hybridized carbons (Fsp3) is 0. The van der Waals surface area contributed by atoms with Gasteiger partial charge in [-0.1, -0.05) is 30.8 Å². The largest absolute Gasteiger partial charge is 0.505 e. The highest BCUT2D eigenvalue weighted by Crippen LogP contribution is 2.45. The number of guanidine groups is 1. The predicted molar refractivity (Wildman–Crippen MR) is 173 cm³/mol. The van der Waals surface area contributed by atoms with Crippen LogP contribution in [0.25, 0.3) is 10.8 Å². The van der Waals surface area contributed by atoms with Crippen LogP contribution in [0, 0.1) is 0 Å². The molecule has 0 atom stereocenters. The number of benzene rings is 4. The first-order valence-corrected chi connectivity index (χ1v) is 16.0. The monoisotopic (exact) mass is 713 g/mol. The van der Waals surface area contributed by atoms with Crippen LogP contribution in [0.5, 0.6) is 5.75 Å². The minimum Gasteiger partial charge on any atom is -0.505 e. The summed E-state index contributed by atoms with van der Waals surface area (Å²) in [5, 5.41) is 43.9.